The molecule has 3 nitrogen and oxygen atoms in total. The summed E-state index contributed by atoms with van der Waals surface area (Å²) >= 11 is 0. The van der Waals surface area contributed by atoms with Crippen molar-refractivity contribution in [2.45, 2.75) is 31.8 Å². The summed E-state index contributed by atoms with van der Waals surface area (Å²) in [5.74, 6) is 1.30. The van der Waals surface area contributed by atoms with E-state index in [0.717, 1.165) is 50.1 Å². The summed E-state index contributed by atoms with van der Waals surface area (Å²) in [5, 5.41) is 3.29. The Hall–Kier alpha value is -1.35. The molecule has 1 heterocycles. The van der Waals surface area contributed by atoms with E-state index >= 15 is 0 Å². The average molecular weight is 245 g/mol. The number of carbonyl (C=O) groups is 1. The van der Waals surface area contributed by atoms with Crippen LogP contribution in [0.3, 0.4) is 0 Å². The van der Waals surface area contributed by atoms with Crippen molar-refractivity contribution in [3.05, 3.63) is 29.8 Å². The van der Waals surface area contributed by atoms with Crippen molar-refractivity contribution in [2.24, 2.45) is 5.92 Å². The Morgan fingerprint density at radius 3 is 2.56 bits per heavy atom. The van der Waals surface area contributed by atoms with E-state index in [4.69, 9.17) is 4.74 Å². The Labute approximate surface area is 108 Å². The summed E-state index contributed by atoms with van der Waals surface area (Å²) in [7, 11) is 0. The largest absolute Gasteiger partial charge is 0.490 e. The summed E-state index contributed by atoms with van der Waals surface area (Å²) in [6.45, 7) is 1.86. The third-order valence-electron chi connectivity index (χ3n) is 3.63. The fourth-order valence-corrected chi connectivity index (χ4v) is 2.39. The first-order valence-electron chi connectivity index (χ1n) is 6.84. The van der Waals surface area contributed by atoms with E-state index < -0.39 is 0 Å². The Morgan fingerprint density at radius 2 is 1.94 bits per heavy atom. The second-order valence-electron chi connectivity index (χ2n) is 5.25. The molecule has 0 amide bonds. The number of benzene rings is 1. The maximum atomic E-state index is 12.3. The van der Waals surface area contributed by atoms with Gasteiger partial charge in [-0.15, -0.1) is 0 Å². The predicted octanol–water partition coefficient (Wildman–Crippen LogP) is 2.41. The fraction of sp³-hybridized carbons (Fsp3) is 0.533. The number of carbonyl (C=O) groups excluding carboxylic acids is 1. The second kappa shape index (κ2) is 5.11. The molecule has 1 N–H and O–H groups in total. The van der Waals surface area contributed by atoms with Gasteiger partial charge in [0.2, 0.25) is 0 Å². The van der Waals surface area contributed by atoms with Gasteiger partial charge in [-0.05, 0) is 56.5 Å². The maximum absolute atomic E-state index is 12.3. The van der Waals surface area contributed by atoms with Crippen molar-refractivity contribution in [3.8, 4) is 5.75 Å². The topological polar surface area (TPSA) is 38.3 Å². The number of nitrogens with one attached hydrogen (secondary N) is 1. The normalized spacial score (nSPS) is 23.7. The predicted molar refractivity (Wildman–Crippen MR) is 70.0 cm³/mol. The number of Topliss-reactive ketones (excluding diaryl/α,β-unsaturated/α-hetero) is 1. The maximum Gasteiger partial charge on any atom is 0.167 e. The van der Waals surface area contributed by atoms with Gasteiger partial charge in [-0.25, -0.2) is 0 Å². The molecule has 2 fully saturated rings. The van der Waals surface area contributed by atoms with Crippen LogP contribution < -0.4 is 10.1 Å². The van der Waals surface area contributed by atoms with Gasteiger partial charge in [0.1, 0.15) is 5.75 Å². The number of hydrogen-bond donors (Lipinski definition) is 1. The third kappa shape index (κ3) is 2.72. The molecular formula is C15H19NO2. The molecule has 3 rings (SSSR count). The first-order valence-corrected chi connectivity index (χ1v) is 6.84. The molecule has 2 aliphatic rings. The highest BCUT2D eigenvalue weighted by molar-refractivity contribution is 5.98. The lowest BCUT2D eigenvalue weighted by Crippen LogP contribution is -2.34. The van der Waals surface area contributed by atoms with Crippen molar-refractivity contribution in [1.82, 2.24) is 5.32 Å². The van der Waals surface area contributed by atoms with Gasteiger partial charge in [0.15, 0.2) is 5.78 Å². The minimum atomic E-state index is 0.147. The number of hydrogen-bond acceptors (Lipinski definition) is 3. The lowest BCUT2D eigenvalue weighted by atomic mass is 9.91. The molecular weight excluding hydrogens is 226 g/mol. The van der Waals surface area contributed by atoms with E-state index in [2.05, 4.69) is 5.32 Å². The van der Waals surface area contributed by atoms with Crippen LogP contribution in [0.5, 0.6) is 5.75 Å². The molecule has 18 heavy (non-hydrogen) atoms. The van der Waals surface area contributed by atoms with Gasteiger partial charge in [0, 0.05) is 18.0 Å². The summed E-state index contributed by atoms with van der Waals surface area (Å²) in [6, 6.07) is 7.63. The standard InChI is InChI=1S/C15H19NO2/c17-15(12-2-1-9-16-10-12)11-3-5-13(6-4-11)18-14-7-8-14/h3-6,12,14,16H,1-2,7-10H2. The molecule has 1 aliphatic carbocycles. The van der Waals surface area contributed by atoms with Gasteiger partial charge in [-0.3, -0.25) is 4.79 Å². The molecule has 0 spiro atoms. The quantitative estimate of drug-likeness (QED) is 0.828. The van der Waals surface area contributed by atoms with E-state index in [0.29, 0.717) is 6.10 Å². The first-order chi connectivity index (χ1) is 8.83. The van der Waals surface area contributed by atoms with Gasteiger partial charge in [-0.1, -0.05) is 0 Å². The highest BCUT2D eigenvalue weighted by Gasteiger charge is 2.24. The summed E-state index contributed by atoms with van der Waals surface area (Å²) in [5.41, 5.74) is 0.812. The van der Waals surface area contributed by atoms with Crippen LogP contribution in [-0.4, -0.2) is 25.0 Å². The SMILES string of the molecule is O=C(c1ccc(OC2CC2)cc1)C1CCCNC1. The van der Waals surface area contributed by atoms with Crippen LogP contribution in [0.25, 0.3) is 0 Å². The smallest absolute Gasteiger partial charge is 0.167 e. The molecule has 1 atom stereocenters. The number of ketones is 1. The molecule has 0 radical (unpaired) electrons. The number of rotatable bonds is 4. The Morgan fingerprint density at radius 1 is 1.17 bits per heavy atom. The van der Waals surface area contributed by atoms with E-state index in [1.54, 1.807) is 0 Å². The Balaban J connectivity index is 1.65. The second-order valence-corrected chi connectivity index (χ2v) is 5.25. The molecule has 1 unspecified atom stereocenters. The monoisotopic (exact) mass is 245 g/mol. The van der Waals surface area contributed by atoms with Gasteiger partial charge in [-0.2, -0.15) is 0 Å². The minimum Gasteiger partial charge on any atom is -0.490 e. The van der Waals surface area contributed by atoms with Gasteiger partial charge in [0.05, 0.1) is 6.10 Å². The van der Waals surface area contributed by atoms with Crippen molar-refractivity contribution in [2.75, 3.05) is 13.1 Å². The zero-order chi connectivity index (χ0) is 12.4. The van der Waals surface area contributed by atoms with Crippen LogP contribution in [0.1, 0.15) is 36.0 Å². The lowest BCUT2D eigenvalue weighted by Gasteiger charge is -2.21. The highest BCUT2D eigenvalue weighted by atomic mass is 16.5. The molecule has 1 aliphatic heterocycles. The highest BCUT2D eigenvalue weighted by Crippen LogP contribution is 2.27. The average Bonchev–Trinajstić information content (AvgIpc) is 3.24. The van der Waals surface area contributed by atoms with Crippen molar-refractivity contribution in [3.63, 3.8) is 0 Å². The van der Waals surface area contributed by atoms with Crippen LogP contribution in [0.15, 0.2) is 24.3 Å². The molecule has 96 valence electrons. The Kier molecular flexibility index (Phi) is 3.33. The molecule has 1 saturated carbocycles. The van der Waals surface area contributed by atoms with Crippen molar-refractivity contribution in [1.29, 1.82) is 0 Å². The number of piperidine rings is 1. The summed E-state index contributed by atoms with van der Waals surface area (Å²) < 4.78 is 5.68. The zero-order valence-corrected chi connectivity index (χ0v) is 10.5. The van der Waals surface area contributed by atoms with Gasteiger partial charge >= 0.3 is 0 Å². The van der Waals surface area contributed by atoms with Crippen LogP contribution >= 0.6 is 0 Å². The summed E-state index contributed by atoms with van der Waals surface area (Å²) in [4.78, 5) is 12.3. The van der Waals surface area contributed by atoms with E-state index in [1.807, 2.05) is 24.3 Å². The molecule has 1 aromatic rings. The summed E-state index contributed by atoms with van der Waals surface area (Å²) in [6.07, 6.45) is 4.84. The van der Waals surface area contributed by atoms with Gasteiger partial charge in [0.25, 0.3) is 0 Å². The van der Waals surface area contributed by atoms with Crippen LogP contribution in [0.4, 0.5) is 0 Å². The number of ether oxygens (including phenoxy) is 1. The molecule has 0 aromatic heterocycles. The third-order valence-corrected chi connectivity index (χ3v) is 3.63. The van der Waals surface area contributed by atoms with E-state index in [1.165, 1.54) is 0 Å². The Bertz CT molecular complexity index is 417. The fourth-order valence-electron chi connectivity index (χ4n) is 2.39. The molecule has 1 saturated heterocycles. The van der Waals surface area contributed by atoms with Crippen LogP contribution in [0.2, 0.25) is 0 Å². The van der Waals surface area contributed by atoms with Crippen LogP contribution in [0, 0.1) is 5.92 Å². The van der Waals surface area contributed by atoms with E-state index in [9.17, 15) is 4.79 Å². The van der Waals surface area contributed by atoms with E-state index in [-0.39, 0.29) is 11.7 Å². The van der Waals surface area contributed by atoms with Crippen molar-refractivity contribution < 1.29 is 9.53 Å². The lowest BCUT2D eigenvalue weighted by molar-refractivity contribution is 0.0899. The minimum absolute atomic E-state index is 0.147. The first kappa shape index (κ1) is 11.7. The van der Waals surface area contributed by atoms with Gasteiger partial charge < -0.3 is 10.1 Å². The zero-order valence-electron chi connectivity index (χ0n) is 10.5. The molecule has 3 heteroatoms. The molecule has 1 aromatic carbocycles. The van der Waals surface area contributed by atoms with Crippen molar-refractivity contribution >= 4 is 5.78 Å². The molecule has 0 bridgehead atoms. The van der Waals surface area contributed by atoms with Crippen LogP contribution in [-0.2, 0) is 0 Å².